The molecule has 0 saturated carbocycles. The third kappa shape index (κ3) is 3.12. The number of fused-ring (bicyclic) bond motifs is 1. The van der Waals surface area contributed by atoms with Gasteiger partial charge in [-0.3, -0.25) is 9.69 Å². The molecule has 1 aliphatic rings. The number of anilines is 2. The third-order valence-electron chi connectivity index (χ3n) is 4.58. The van der Waals surface area contributed by atoms with Gasteiger partial charge in [0.15, 0.2) is 0 Å². The molecule has 1 N–H and O–H groups in total. The van der Waals surface area contributed by atoms with Crippen molar-refractivity contribution in [1.82, 2.24) is 4.98 Å². The minimum absolute atomic E-state index is 0.0617. The predicted molar refractivity (Wildman–Crippen MR) is 106 cm³/mol. The van der Waals surface area contributed by atoms with Crippen LogP contribution in [0.2, 0.25) is 0 Å². The highest BCUT2D eigenvalue weighted by Crippen LogP contribution is 2.38. The predicted octanol–water partition coefficient (Wildman–Crippen LogP) is 4.56. The Morgan fingerprint density at radius 3 is 2.63 bits per heavy atom. The van der Waals surface area contributed by atoms with Gasteiger partial charge in [0, 0.05) is 17.3 Å². The van der Waals surface area contributed by atoms with E-state index in [0.717, 1.165) is 22.6 Å². The van der Waals surface area contributed by atoms with E-state index in [-0.39, 0.29) is 12.1 Å². The smallest absolute Gasteiger partial charge is 0.261 e. The first-order chi connectivity index (χ1) is 13.2. The molecule has 5 heteroatoms. The van der Waals surface area contributed by atoms with Crippen molar-refractivity contribution in [2.45, 2.75) is 20.0 Å². The minimum Gasteiger partial charge on any atom is -0.492 e. The maximum Gasteiger partial charge on any atom is 0.261 e. The van der Waals surface area contributed by atoms with Crippen LogP contribution in [0.25, 0.3) is 0 Å². The second-order valence-corrected chi connectivity index (χ2v) is 6.43. The van der Waals surface area contributed by atoms with E-state index in [1.54, 1.807) is 11.1 Å². The van der Waals surface area contributed by atoms with Crippen molar-refractivity contribution in [3.63, 3.8) is 0 Å². The first kappa shape index (κ1) is 17.1. The average molecular weight is 359 g/mol. The van der Waals surface area contributed by atoms with Gasteiger partial charge in [-0.05, 0) is 43.7 Å². The Bertz CT molecular complexity index is 969. The molecule has 0 saturated heterocycles. The Hall–Kier alpha value is -3.34. The largest absolute Gasteiger partial charge is 0.492 e. The van der Waals surface area contributed by atoms with Gasteiger partial charge in [0.1, 0.15) is 17.7 Å². The molecule has 0 spiro atoms. The molecule has 0 fully saturated rings. The summed E-state index contributed by atoms with van der Waals surface area (Å²) in [6.07, 6.45) is 1.42. The second kappa shape index (κ2) is 7.11. The molecule has 1 atom stereocenters. The first-order valence-electron chi connectivity index (χ1n) is 9.02. The van der Waals surface area contributed by atoms with Gasteiger partial charge < -0.3 is 10.1 Å². The number of pyridine rings is 1. The highest BCUT2D eigenvalue weighted by molar-refractivity contribution is 6.11. The van der Waals surface area contributed by atoms with Gasteiger partial charge in [-0.2, -0.15) is 0 Å². The van der Waals surface area contributed by atoms with Gasteiger partial charge in [-0.15, -0.1) is 0 Å². The number of hydrogen-bond acceptors (Lipinski definition) is 4. The number of nitrogens with zero attached hydrogens (tertiary/aromatic N) is 2. The van der Waals surface area contributed by atoms with E-state index in [9.17, 15) is 4.79 Å². The van der Waals surface area contributed by atoms with Crippen molar-refractivity contribution in [3.05, 3.63) is 83.6 Å². The molecule has 27 heavy (non-hydrogen) atoms. The average Bonchev–Trinajstić information content (AvgIpc) is 2.97. The van der Waals surface area contributed by atoms with Crippen LogP contribution in [-0.2, 0) is 0 Å². The van der Waals surface area contributed by atoms with E-state index in [1.807, 2.05) is 74.5 Å². The molecule has 1 aliphatic heterocycles. The summed E-state index contributed by atoms with van der Waals surface area (Å²) < 4.78 is 5.74. The number of benzene rings is 2. The Morgan fingerprint density at radius 1 is 1.07 bits per heavy atom. The summed E-state index contributed by atoms with van der Waals surface area (Å²) in [5.74, 6) is 1.31. The Kier molecular flexibility index (Phi) is 4.50. The lowest BCUT2D eigenvalue weighted by Gasteiger charge is -2.27. The molecule has 0 bridgehead atoms. The summed E-state index contributed by atoms with van der Waals surface area (Å²) in [6.45, 7) is 4.50. The number of carbonyl (C=O) groups excluding carboxylic acids is 1. The second-order valence-electron chi connectivity index (χ2n) is 6.43. The van der Waals surface area contributed by atoms with Crippen molar-refractivity contribution in [1.29, 1.82) is 0 Å². The van der Waals surface area contributed by atoms with Gasteiger partial charge in [-0.1, -0.05) is 36.4 Å². The van der Waals surface area contributed by atoms with Gasteiger partial charge in [0.25, 0.3) is 5.91 Å². The lowest BCUT2D eigenvalue weighted by Crippen LogP contribution is -2.33. The Morgan fingerprint density at radius 2 is 1.85 bits per heavy atom. The minimum atomic E-state index is -0.356. The number of nitrogens with one attached hydrogen (secondary N) is 1. The van der Waals surface area contributed by atoms with Gasteiger partial charge in [-0.25, -0.2) is 4.98 Å². The number of rotatable bonds is 5. The van der Waals surface area contributed by atoms with Crippen molar-refractivity contribution >= 4 is 17.4 Å². The van der Waals surface area contributed by atoms with Crippen molar-refractivity contribution in [3.8, 4) is 5.75 Å². The fraction of sp³-hybridized carbons (Fsp3) is 0.182. The van der Waals surface area contributed by atoms with E-state index >= 15 is 0 Å². The number of hydrogen-bond donors (Lipinski definition) is 1. The summed E-state index contributed by atoms with van der Waals surface area (Å²) in [7, 11) is 0. The normalized spacial score (nSPS) is 15.6. The van der Waals surface area contributed by atoms with E-state index in [4.69, 9.17) is 4.74 Å². The summed E-state index contributed by atoms with van der Waals surface area (Å²) >= 11 is 0. The van der Waals surface area contributed by atoms with E-state index in [1.165, 1.54) is 0 Å². The molecular formula is C22H21N3O2. The zero-order valence-electron chi connectivity index (χ0n) is 15.3. The number of para-hydroxylation sites is 2. The lowest BCUT2D eigenvalue weighted by atomic mass is 10.1. The van der Waals surface area contributed by atoms with Crippen molar-refractivity contribution in [2.24, 2.45) is 0 Å². The number of carbonyl (C=O) groups is 1. The van der Waals surface area contributed by atoms with E-state index in [2.05, 4.69) is 10.3 Å². The van der Waals surface area contributed by atoms with Crippen LogP contribution in [-0.4, -0.2) is 17.5 Å². The van der Waals surface area contributed by atoms with Crippen LogP contribution in [0, 0.1) is 6.92 Å². The monoisotopic (exact) mass is 359 g/mol. The molecule has 2 heterocycles. The first-order valence-corrected chi connectivity index (χ1v) is 9.02. The summed E-state index contributed by atoms with van der Waals surface area (Å²) in [4.78, 5) is 19.3. The standard InChI is InChI=1S/C22H21N3O2/c1-3-27-19-11-7-6-10-18(19)24-21-16-8-4-5-9-17(16)22(26)25(21)20-13-12-15(2)14-23-20/h4-14,21,24H,3H2,1-2H3/t21-/m0/s1. The fourth-order valence-corrected chi connectivity index (χ4v) is 3.31. The van der Waals surface area contributed by atoms with Crippen molar-refractivity contribution < 1.29 is 9.53 Å². The van der Waals surface area contributed by atoms with Gasteiger partial charge in [0.05, 0.1) is 12.3 Å². The summed E-state index contributed by atoms with van der Waals surface area (Å²) in [6, 6.07) is 19.3. The van der Waals surface area contributed by atoms with E-state index < -0.39 is 0 Å². The van der Waals surface area contributed by atoms with Crippen LogP contribution in [0.4, 0.5) is 11.5 Å². The number of aryl methyl sites for hydroxylation is 1. The zero-order chi connectivity index (χ0) is 18.8. The number of aromatic nitrogens is 1. The molecule has 5 nitrogen and oxygen atoms in total. The SMILES string of the molecule is CCOc1ccccc1N[C@@H]1c2ccccc2C(=O)N1c1ccc(C)cn1. The molecular weight excluding hydrogens is 338 g/mol. The van der Waals surface area contributed by atoms with Crippen LogP contribution < -0.4 is 15.0 Å². The molecule has 0 aliphatic carbocycles. The number of amides is 1. The number of ether oxygens (including phenoxy) is 1. The molecule has 0 radical (unpaired) electrons. The molecule has 2 aromatic carbocycles. The highest BCUT2D eigenvalue weighted by Gasteiger charge is 2.38. The molecule has 0 unspecified atom stereocenters. The maximum absolute atomic E-state index is 13.1. The van der Waals surface area contributed by atoms with Crippen LogP contribution in [0.15, 0.2) is 66.9 Å². The van der Waals surface area contributed by atoms with Crippen LogP contribution >= 0.6 is 0 Å². The van der Waals surface area contributed by atoms with Crippen LogP contribution in [0.5, 0.6) is 5.75 Å². The highest BCUT2D eigenvalue weighted by atomic mass is 16.5. The van der Waals surface area contributed by atoms with E-state index in [0.29, 0.717) is 18.0 Å². The van der Waals surface area contributed by atoms with Crippen LogP contribution in [0.3, 0.4) is 0 Å². The summed E-state index contributed by atoms with van der Waals surface area (Å²) in [5.41, 5.74) is 3.50. The quantitative estimate of drug-likeness (QED) is 0.726. The molecule has 1 amide bonds. The molecule has 1 aromatic heterocycles. The lowest BCUT2D eigenvalue weighted by molar-refractivity contribution is 0.0992. The van der Waals surface area contributed by atoms with Crippen LogP contribution in [0.1, 0.15) is 34.6 Å². The van der Waals surface area contributed by atoms with Gasteiger partial charge >= 0.3 is 0 Å². The Balaban J connectivity index is 1.77. The van der Waals surface area contributed by atoms with Crippen molar-refractivity contribution in [2.75, 3.05) is 16.8 Å². The maximum atomic E-state index is 13.1. The molecule has 136 valence electrons. The Labute approximate surface area is 158 Å². The molecule has 3 aromatic rings. The third-order valence-corrected chi connectivity index (χ3v) is 4.58. The topological polar surface area (TPSA) is 54.5 Å². The van der Waals surface area contributed by atoms with Gasteiger partial charge in [0.2, 0.25) is 0 Å². The fourth-order valence-electron chi connectivity index (χ4n) is 3.31. The molecule has 4 rings (SSSR count). The summed E-state index contributed by atoms with van der Waals surface area (Å²) in [5, 5.41) is 3.48. The zero-order valence-corrected chi connectivity index (χ0v) is 15.3.